The summed E-state index contributed by atoms with van der Waals surface area (Å²) in [5.41, 5.74) is 3.36. The van der Waals surface area contributed by atoms with Crippen molar-refractivity contribution in [3.63, 3.8) is 0 Å². The maximum atomic E-state index is 12.5. The van der Waals surface area contributed by atoms with E-state index in [2.05, 4.69) is 26.2 Å². The standard InChI is InChI=1S/C15H21BrN4O/c1-5-12-13(15(21)17-6-7-19(3)4)20-9-11(16)8-10(2)14(20)18-12/h8-9H,5-7H2,1-4H3,(H,17,21). The number of halogens is 1. The highest BCUT2D eigenvalue weighted by atomic mass is 79.9. The molecule has 0 atom stereocenters. The lowest BCUT2D eigenvalue weighted by Crippen LogP contribution is -2.32. The molecule has 0 unspecified atom stereocenters. The van der Waals surface area contributed by atoms with Gasteiger partial charge >= 0.3 is 0 Å². The molecule has 2 aromatic heterocycles. The van der Waals surface area contributed by atoms with Crippen molar-refractivity contribution < 1.29 is 4.79 Å². The highest BCUT2D eigenvalue weighted by molar-refractivity contribution is 9.10. The smallest absolute Gasteiger partial charge is 0.270 e. The number of rotatable bonds is 5. The van der Waals surface area contributed by atoms with E-state index in [1.165, 1.54) is 0 Å². The normalized spacial score (nSPS) is 11.3. The molecule has 2 heterocycles. The molecule has 0 radical (unpaired) electrons. The summed E-state index contributed by atoms with van der Waals surface area (Å²) in [5.74, 6) is -0.0706. The van der Waals surface area contributed by atoms with Crippen LogP contribution in [-0.2, 0) is 6.42 Å². The lowest BCUT2D eigenvalue weighted by molar-refractivity contribution is 0.0944. The Balaban J connectivity index is 2.39. The number of nitrogens with one attached hydrogen (secondary N) is 1. The molecule has 0 aliphatic rings. The molecule has 6 heteroatoms. The summed E-state index contributed by atoms with van der Waals surface area (Å²) in [6.45, 7) is 5.45. The van der Waals surface area contributed by atoms with Gasteiger partial charge in [-0.2, -0.15) is 0 Å². The quantitative estimate of drug-likeness (QED) is 0.897. The number of amides is 1. The monoisotopic (exact) mass is 352 g/mol. The zero-order chi connectivity index (χ0) is 15.6. The van der Waals surface area contributed by atoms with Crippen LogP contribution in [0.5, 0.6) is 0 Å². The number of fused-ring (bicyclic) bond motifs is 1. The van der Waals surface area contributed by atoms with Crippen LogP contribution in [0.15, 0.2) is 16.7 Å². The van der Waals surface area contributed by atoms with Crippen LogP contribution in [0.1, 0.15) is 28.7 Å². The first-order chi connectivity index (χ1) is 9.93. The van der Waals surface area contributed by atoms with E-state index in [-0.39, 0.29) is 5.91 Å². The van der Waals surface area contributed by atoms with Gasteiger partial charge in [0.2, 0.25) is 0 Å². The van der Waals surface area contributed by atoms with Gasteiger partial charge in [0.25, 0.3) is 5.91 Å². The summed E-state index contributed by atoms with van der Waals surface area (Å²) in [6.07, 6.45) is 2.63. The van der Waals surface area contributed by atoms with E-state index >= 15 is 0 Å². The van der Waals surface area contributed by atoms with Gasteiger partial charge in [-0.15, -0.1) is 0 Å². The molecule has 0 spiro atoms. The van der Waals surface area contributed by atoms with Gasteiger partial charge in [0.05, 0.1) is 5.69 Å². The average molecular weight is 353 g/mol. The first-order valence-corrected chi connectivity index (χ1v) is 7.83. The second kappa shape index (κ2) is 6.58. The summed E-state index contributed by atoms with van der Waals surface area (Å²) in [7, 11) is 3.97. The van der Waals surface area contributed by atoms with Crippen molar-refractivity contribution in [3.05, 3.63) is 33.7 Å². The van der Waals surface area contributed by atoms with Crippen LogP contribution in [0, 0.1) is 6.92 Å². The molecule has 1 amide bonds. The van der Waals surface area contributed by atoms with Crippen molar-refractivity contribution in [3.8, 4) is 0 Å². The first kappa shape index (κ1) is 16.0. The maximum absolute atomic E-state index is 12.5. The average Bonchev–Trinajstić information content (AvgIpc) is 2.76. The summed E-state index contributed by atoms with van der Waals surface area (Å²) in [4.78, 5) is 19.1. The predicted molar refractivity (Wildman–Crippen MR) is 87.9 cm³/mol. The summed E-state index contributed by atoms with van der Waals surface area (Å²) < 4.78 is 2.82. The van der Waals surface area contributed by atoms with E-state index in [0.29, 0.717) is 12.2 Å². The number of imidazole rings is 1. The van der Waals surface area contributed by atoms with Gasteiger partial charge in [0, 0.05) is 23.8 Å². The fourth-order valence-electron chi connectivity index (χ4n) is 2.28. The maximum Gasteiger partial charge on any atom is 0.270 e. The van der Waals surface area contributed by atoms with Crippen molar-refractivity contribution in [2.24, 2.45) is 0 Å². The number of carbonyl (C=O) groups excluding carboxylic acids is 1. The zero-order valence-electron chi connectivity index (χ0n) is 12.9. The fourth-order valence-corrected chi connectivity index (χ4v) is 2.83. The Morgan fingerprint density at radius 3 is 2.81 bits per heavy atom. The van der Waals surface area contributed by atoms with Gasteiger partial charge in [-0.1, -0.05) is 6.92 Å². The molecule has 0 fully saturated rings. The number of aromatic nitrogens is 2. The van der Waals surface area contributed by atoms with Gasteiger partial charge in [0.1, 0.15) is 11.3 Å². The number of likely N-dealkylation sites (N-methyl/N-ethyl adjacent to an activating group) is 1. The third-order valence-corrected chi connectivity index (χ3v) is 3.77. The van der Waals surface area contributed by atoms with Crippen molar-refractivity contribution in [2.45, 2.75) is 20.3 Å². The minimum absolute atomic E-state index is 0.0706. The number of aryl methyl sites for hydroxylation is 2. The van der Waals surface area contributed by atoms with E-state index in [4.69, 9.17) is 0 Å². The molecule has 1 N–H and O–H groups in total. The van der Waals surface area contributed by atoms with Crippen LogP contribution in [0.25, 0.3) is 5.65 Å². The number of carbonyl (C=O) groups is 1. The Morgan fingerprint density at radius 1 is 1.48 bits per heavy atom. The van der Waals surface area contributed by atoms with E-state index in [1.54, 1.807) is 0 Å². The molecule has 2 aromatic rings. The molecule has 5 nitrogen and oxygen atoms in total. The second-order valence-electron chi connectivity index (χ2n) is 5.35. The minimum Gasteiger partial charge on any atom is -0.349 e. The van der Waals surface area contributed by atoms with Crippen molar-refractivity contribution in [1.82, 2.24) is 19.6 Å². The van der Waals surface area contributed by atoms with Gasteiger partial charge in [-0.25, -0.2) is 4.98 Å². The lowest BCUT2D eigenvalue weighted by Gasteiger charge is -2.11. The van der Waals surface area contributed by atoms with Gasteiger partial charge in [-0.3, -0.25) is 9.20 Å². The molecule has 0 aromatic carbocycles. The van der Waals surface area contributed by atoms with E-state index < -0.39 is 0 Å². The molecular weight excluding hydrogens is 332 g/mol. The molecule has 0 aliphatic heterocycles. The second-order valence-corrected chi connectivity index (χ2v) is 6.27. The Labute approximate surface area is 133 Å². The van der Waals surface area contributed by atoms with Crippen LogP contribution in [0.4, 0.5) is 0 Å². The van der Waals surface area contributed by atoms with Crippen molar-refractivity contribution in [1.29, 1.82) is 0 Å². The predicted octanol–water partition coefficient (Wildman–Crippen LogP) is 2.26. The van der Waals surface area contributed by atoms with Gasteiger partial charge in [-0.05, 0) is 55.0 Å². The molecule has 2 rings (SSSR count). The third-order valence-electron chi connectivity index (χ3n) is 3.34. The molecule has 114 valence electrons. The minimum atomic E-state index is -0.0706. The molecule has 0 saturated heterocycles. The Kier molecular flexibility index (Phi) is 5.00. The van der Waals surface area contributed by atoms with Crippen LogP contribution < -0.4 is 5.32 Å². The molecule has 0 saturated carbocycles. The summed E-state index contributed by atoms with van der Waals surface area (Å²) in [5, 5.41) is 2.97. The zero-order valence-corrected chi connectivity index (χ0v) is 14.5. The summed E-state index contributed by atoms with van der Waals surface area (Å²) in [6, 6.07) is 2.01. The van der Waals surface area contributed by atoms with E-state index in [0.717, 1.165) is 34.3 Å². The van der Waals surface area contributed by atoms with Crippen LogP contribution in [0.2, 0.25) is 0 Å². The Morgan fingerprint density at radius 2 is 2.19 bits per heavy atom. The third kappa shape index (κ3) is 3.44. The topological polar surface area (TPSA) is 49.6 Å². The van der Waals surface area contributed by atoms with Crippen LogP contribution in [-0.4, -0.2) is 47.4 Å². The molecule has 0 aliphatic carbocycles. The first-order valence-electron chi connectivity index (χ1n) is 7.04. The SMILES string of the molecule is CCc1nc2c(C)cc(Br)cn2c1C(=O)NCCN(C)C. The van der Waals surface area contributed by atoms with Crippen molar-refractivity contribution >= 4 is 27.5 Å². The highest BCUT2D eigenvalue weighted by Crippen LogP contribution is 2.21. The Bertz CT molecular complexity index is 663. The number of hydrogen-bond donors (Lipinski definition) is 1. The highest BCUT2D eigenvalue weighted by Gasteiger charge is 2.19. The fraction of sp³-hybridized carbons (Fsp3) is 0.467. The van der Waals surface area contributed by atoms with Gasteiger partial charge in [0.15, 0.2) is 0 Å². The van der Waals surface area contributed by atoms with E-state index in [1.807, 2.05) is 49.5 Å². The molecular formula is C15H21BrN4O. The number of hydrogen-bond acceptors (Lipinski definition) is 3. The molecule has 21 heavy (non-hydrogen) atoms. The van der Waals surface area contributed by atoms with Gasteiger partial charge < -0.3 is 10.2 Å². The number of nitrogens with zero attached hydrogens (tertiary/aromatic N) is 3. The van der Waals surface area contributed by atoms with Crippen LogP contribution >= 0.6 is 15.9 Å². The molecule has 0 bridgehead atoms. The lowest BCUT2D eigenvalue weighted by atomic mass is 10.2. The van der Waals surface area contributed by atoms with E-state index in [9.17, 15) is 4.79 Å². The number of pyridine rings is 1. The Hall–Kier alpha value is -1.40. The van der Waals surface area contributed by atoms with Crippen LogP contribution in [0.3, 0.4) is 0 Å². The summed E-state index contributed by atoms with van der Waals surface area (Å²) >= 11 is 3.48. The largest absolute Gasteiger partial charge is 0.349 e. The van der Waals surface area contributed by atoms with Crippen molar-refractivity contribution in [2.75, 3.05) is 27.2 Å².